The lowest BCUT2D eigenvalue weighted by Gasteiger charge is -2.36. The lowest BCUT2D eigenvalue weighted by molar-refractivity contribution is -0.141. The molecule has 3 fully saturated rings. The molecule has 0 aromatic heterocycles. The Morgan fingerprint density at radius 1 is 1.12 bits per heavy atom. The van der Waals surface area contributed by atoms with Gasteiger partial charge in [-0.1, -0.05) is 12.2 Å². The van der Waals surface area contributed by atoms with Crippen molar-refractivity contribution in [3.8, 4) is 5.75 Å². The van der Waals surface area contributed by atoms with Crippen molar-refractivity contribution in [2.45, 2.75) is 18.6 Å². The van der Waals surface area contributed by atoms with Crippen molar-refractivity contribution < 1.29 is 28.6 Å². The van der Waals surface area contributed by atoms with Crippen LogP contribution in [0, 0.1) is 11.8 Å². The molecule has 0 saturated carbocycles. The molecular weight excluding hydrogens is 414 g/mol. The Bertz CT molecular complexity index is 955. The summed E-state index contributed by atoms with van der Waals surface area (Å²) in [5.41, 5.74) is -0.0105. The first-order valence-electron chi connectivity index (χ1n) is 11.0. The van der Waals surface area contributed by atoms with Gasteiger partial charge in [0.05, 0.1) is 38.2 Å². The molecule has 4 heterocycles. The van der Waals surface area contributed by atoms with Crippen LogP contribution in [0.3, 0.4) is 0 Å². The van der Waals surface area contributed by atoms with Crippen molar-refractivity contribution in [2.75, 3.05) is 51.3 Å². The van der Waals surface area contributed by atoms with E-state index in [4.69, 9.17) is 14.2 Å². The topological polar surface area (TPSA) is 88.6 Å². The predicted octanol–water partition coefficient (Wildman–Crippen LogP) is 1.28. The SMILES string of the molecule is CCOC(=O)N1CCN(C(=O)C2C3C(=O)N(c4ccc(OC)cc4)C[C@]34C=C[C@H]2O4)CC1. The summed E-state index contributed by atoms with van der Waals surface area (Å²) in [4.78, 5) is 44.0. The number of hydrogen-bond donors (Lipinski definition) is 0. The van der Waals surface area contributed by atoms with Crippen LogP contribution in [0.2, 0.25) is 0 Å². The Balaban J connectivity index is 1.32. The van der Waals surface area contributed by atoms with Crippen molar-refractivity contribution >= 4 is 23.6 Å². The Morgan fingerprint density at radius 3 is 2.47 bits per heavy atom. The van der Waals surface area contributed by atoms with Crippen molar-refractivity contribution in [3.63, 3.8) is 0 Å². The fraction of sp³-hybridized carbons (Fsp3) is 0.522. The first kappa shape index (κ1) is 20.8. The van der Waals surface area contributed by atoms with E-state index in [1.807, 2.05) is 36.4 Å². The molecule has 2 unspecified atom stereocenters. The van der Waals surface area contributed by atoms with Gasteiger partial charge in [0.2, 0.25) is 11.8 Å². The van der Waals surface area contributed by atoms with Gasteiger partial charge in [0.25, 0.3) is 0 Å². The molecule has 2 bridgehead atoms. The molecule has 170 valence electrons. The highest BCUT2D eigenvalue weighted by Crippen LogP contribution is 2.53. The maximum Gasteiger partial charge on any atom is 0.409 e. The van der Waals surface area contributed by atoms with Gasteiger partial charge in [-0.25, -0.2) is 4.79 Å². The number of carbonyl (C=O) groups is 3. The van der Waals surface area contributed by atoms with Crippen LogP contribution >= 0.6 is 0 Å². The van der Waals surface area contributed by atoms with Crippen LogP contribution in [0.15, 0.2) is 36.4 Å². The molecule has 0 aliphatic carbocycles. The van der Waals surface area contributed by atoms with E-state index >= 15 is 0 Å². The largest absolute Gasteiger partial charge is 0.497 e. The minimum atomic E-state index is -0.769. The minimum absolute atomic E-state index is 0.0836. The van der Waals surface area contributed by atoms with Gasteiger partial charge in [0, 0.05) is 31.9 Å². The highest BCUT2D eigenvalue weighted by molar-refractivity contribution is 6.03. The zero-order valence-corrected chi connectivity index (χ0v) is 18.2. The van der Waals surface area contributed by atoms with E-state index in [0.717, 1.165) is 5.69 Å². The Morgan fingerprint density at radius 2 is 1.81 bits per heavy atom. The number of amides is 3. The van der Waals surface area contributed by atoms with Gasteiger partial charge >= 0.3 is 6.09 Å². The van der Waals surface area contributed by atoms with Crippen molar-refractivity contribution in [3.05, 3.63) is 36.4 Å². The van der Waals surface area contributed by atoms with Crippen LogP contribution in [-0.4, -0.2) is 85.9 Å². The molecule has 0 radical (unpaired) electrons. The maximum absolute atomic E-state index is 13.5. The highest BCUT2D eigenvalue weighted by Gasteiger charge is 2.67. The molecule has 1 spiro atoms. The normalized spacial score (nSPS) is 30.6. The number of rotatable bonds is 4. The summed E-state index contributed by atoms with van der Waals surface area (Å²) in [5.74, 6) is -0.559. The second-order valence-corrected chi connectivity index (χ2v) is 8.53. The number of fused-ring (bicyclic) bond motifs is 1. The number of carbonyl (C=O) groups excluding carboxylic acids is 3. The third kappa shape index (κ3) is 3.14. The lowest BCUT2D eigenvalue weighted by atomic mass is 9.76. The molecule has 9 nitrogen and oxygen atoms in total. The number of hydrogen-bond acceptors (Lipinski definition) is 6. The van der Waals surface area contributed by atoms with Gasteiger partial charge in [-0.15, -0.1) is 0 Å². The summed E-state index contributed by atoms with van der Waals surface area (Å²) >= 11 is 0. The molecule has 4 aliphatic heterocycles. The molecule has 9 heteroatoms. The van der Waals surface area contributed by atoms with Gasteiger partial charge in [0.1, 0.15) is 11.4 Å². The van der Waals surface area contributed by atoms with Gasteiger partial charge in [-0.05, 0) is 31.2 Å². The molecule has 32 heavy (non-hydrogen) atoms. The molecule has 1 aromatic carbocycles. The fourth-order valence-corrected chi connectivity index (χ4v) is 5.30. The number of nitrogens with zero attached hydrogens (tertiary/aromatic N) is 3. The van der Waals surface area contributed by atoms with Crippen LogP contribution < -0.4 is 9.64 Å². The standard InChI is InChI=1S/C23H27N3O6/c1-3-31-22(29)25-12-10-24(11-13-25)20(27)18-17-8-9-23(32-17)14-26(21(28)19(18)23)15-4-6-16(30-2)7-5-15/h4-9,17-19H,3,10-14H2,1-2H3/t17-,18?,19?,23-/m1/s1. The van der Waals surface area contributed by atoms with Crippen molar-refractivity contribution in [1.82, 2.24) is 9.80 Å². The number of methoxy groups -OCH3 is 1. The third-order valence-electron chi connectivity index (χ3n) is 6.89. The van der Waals surface area contributed by atoms with E-state index in [1.165, 1.54) is 0 Å². The Labute approximate surface area is 186 Å². The molecule has 4 aliphatic rings. The summed E-state index contributed by atoms with van der Waals surface area (Å²) in [5, 5.41) is 0. The maximum atomic E-state index is 13.5. The van der Waals surface area contributed by atoms with Crippen molar-refractivity contribution in [1.29, 1.82) is 0 Å². The lowest BCUT2D eigenvalue weighted by Crippen LogP contribution is -2.54. The summed E-state index contributed by atoms with van der Waals surface area (Å²) in [6.45, 7) is 4.14. The first-order valence-corrected chi connectivity index (χ1v) is 11.0. The zero-order valence-electron chi connectivity index (χ0n) is 18.2. The quantitative estimate of drug-likeness (QED) is 0.654. The highest BCUT2D eigenvalue weighted by atomic mass is 16.6. The second-order valence-electron chi connectivity index (χ2n) is 8.53. The molecule has 3 amide bonds. The predicted molar refractivity (Wildman–Crippen MR) is 114 cm³/mol. The number of ether oxygens (including phenoxy) is 3. The number of anilines is 1. The van der Waals surface area contributed by atoms with Gasteiger partial charge in [-0.2, -0.15) is 0 Å². The van der Waals surface area contributed by atoms with E-state index in [1.54, 1.807) is 28.7 Å². The molecule has 4 atom stereocenters. The smallest absolute Gasteiger partial charge is 0.409 e. The van der Waals surface area contributed by atoms with Crippen LogP contribution in [-0.2, 0) is 19.1 Å². The molecular formula is C23H27N3O6. The average Bonchev–Trinajstić information content (AvgIpc) is 3.47. The summed E-state index contributed by atoms with van der Waals surface area (Å²) in [7, 11) is 1.60. The minimum Gasteiger partial charge on any atom is -0.497 e. The van der Waals surface area contributed by atoms with E-state index in [9.17, 15) is 14.4 Å². The van der Waals surface area contributed by atoms with Gasteiger partial charge < -0.3 is 28.9 Å². The Hall–Kier alpha value is -3.07. The van der Waals surface area contributed by atoms with Crippen molar-refractivity contribution in [2.24, 2.45) is 11.8 Å². The van der Waals surface area contributed by atoms with Crippen LogP contribution in [0.4, 0.5) is 10.5 Å². The zero-order chi connectivity index (χ0) is 22.5. The average molecular weight is 441 g/mol. The van der Waals surface area contributed by atoms with Gasteiger partial charge in [0.15, 0.2) is 0 Å². The van der Waals surface area contributed by atoms with Crippen LogP contribution in [0.5, 0.6) is 5.75 Å². The third-order valence-corrected chi connectivity index (χ3v) is 6.89. The molecule has 1 aromatic rings. The second kappa shape index (κ2) is 7.81. The summed E-state index contributed by atoms with van der Waals surface area (Å²) in [6, 6.07) is 7.31. The number of piperazine rings is 1. The Kier molecular flexibility index (Phi) is 5.08. The first-order chi connectivity index (χ1) is 15.5. The van der Waals surface area contributed by atoms with Crippen LogP contribution in [0.1, 0.15) is 6.92 Å². The van der Waals surface area contributed by atoms with E-state index in [2.05, 4.69) is 0 Å². The summed E-state index contributed by atoms with van der Waals surface area (Å²) in [6.07, 6.45) is 3.12. The fourth-order valence-electron chi connectivity index (χ4n) is 5.30. The summed E-state index contributed by atoms with van der Waals surface area (Å²) < 4.78 is 16.5. The van der Waals surface area contributed by atoms with E-state index in [0.29, 0.717) is 45.1 Å². The monoisotopic (exact) mass is 441 g/mol. The molecule has 0 N–H and O–H groups in total. The molecule has 5 rings (SSSR count). The number of benzene rings is 1. The molecule has 3 saturated heterocycles. The van der Waals surface area contributed by atoms with E-state index < -0.39 is 23.5 Å². The van der Waals surface area contributed by atoms with Crippen LogP contribution in [0.25, 0.3) is 0 Å². The van der Waals surface area contributed by atoms with E-state index in [-0.39, 0.29) is 17.9 Å². The van der Waals surface area contributed by atoms with Gasteiger partial charge in [-0.3, -0.25) is 9.59 Å².